The molecule has 0 bridgehead atoms. The Hall–Kier alpha value is -2.06. The van der Waals surface area contributed by atoms with Crippen LogP contribution in [-0.4, -0.2) is 165 Å². The number of quaternary nitrogens is 4. The number of rotatable bonds is 16. The molecule has 42 heavy (non-hydrogen) atoms. The summed E-state index contributed by atoms with van der Waals surface area (Å²) in [5.41, 5.74) is 2.89. The summed E-state index contributed by atoms with van der Waals surface area (Å²) in [7, 11) is 27.6. The maximum atomic E-state index is 2.68. The zero-order chi connectivity index (χ0) is 31.3. The summed E-state index contributed by atoms with van der Waals surface area (Å²) in [4.78, 5) is 5.35. The van der Waals surface area contributed by atoms with Crippen LogP contribution in [0.2, 0.25) is 0 Å². The highest BCUT2D eigenvalue weighted by molar-refractivity contribution is 6.00. The van der Waals surface area contributed by atoms with E-state index in [1.165, 1.54) is 32.7 Å². The standard InChI is InChI=1S/C36H64N6/c1-39(2,3)23-19-37(20-24-40(4,5)6)29-33-17-13-15-31-27-32-16-14-18-34(36(32)28-35(31)33)30-38(21-25-41(7,8)9)22-26-42(10,11)12/h13-18,27-28H,19-26,29-30H2,1-12H3/q+4. The van der Waals surface area contributed by atoms with Crippen LogP contribution in [0.25, 0.3) is 21.5 Å². The van der Waals surface area contributed by atoms with Crippen LogP contribution in [0.4, 0.5) is 0 Å². The van der Waals surface area contributed by atoms with Gasteiger partial charge in [0, 0.05) is 39.3 Å². The van der Waals surface area contributed by atoms with E-state index >= 15 is 0 Å². The quantitative estimate of drug-likeness (QED) is 0.183. The summed E-state index contributed by atoms with van der Waals surface area (Å²) in [5, 5.41) is 5.51. The second kappa shape index (κ2) is 13.7. The van der Waals surface area contributed by atoms with E-state index in [0.29, 0.717) is 0 Å². The van der Waals surface area contributed by atoms with Crippen molar-refractivity contribution in [3.05, 3.63) is 59.7 Å². The average molecular weight is 581 g/mol. The zero-order valence-electron chi connectivity index (χ0n) is 29.4. The Kier molecular flexibility index (Phi) is 11.2. The van der Waals surface area contributed by atoms with Gasteiger partial charge in [0.1, 0.15) is 0 Å². The lowest BCUT2D eigenvalue weighted by molar-refractivity contribution is -0.872. The van der Waals surface area contributed by atoms with E-state index in [1.54, 1.807) is 0 Å². The Balaban J connectivity index is 1.97. The highest BCUT2D eigenvalue weighted by atomic mass is 15.3. The van der Waals surface area contributed by atoms with Gasteiger partial charge in [-0.1, -0.05) is 36.4 Å². The molecule has 234 valence electrons. The molecular formula is C36H64N6+4. The molecule has 0 saturated carbocycles. The average Bonchev–Trinajstić information content (AvgIpc) is 2.84. The fourth-order valence-corrected chi connectivity index (χ4v) is 5.24. The molecule has 0 spiro atoms. The molecule has 0 fully saturated rings. The Morgan fingerprint density at radius 3 is 1.02 bits per heavy atom. The van der Waals surface area contributed by atoms with Gasteiger partial charge in [-0.2, -0.15) is 0 Å². The number of benzene rings is 3. The van der Waals surface area contributed by atoms with Gasteiger partial charge in [-0.25, -0.2) is 0 Å². The first-order chi connectivity index (χ1) is 19.3. The van der Waals surface area contributed by atoms with Crippen LogP contribution in [0.15, 0.2) is 48.5 Å². The van der Waals surface area contributed by atoms with Crippen molar-refractivity contribution < 1.29 is 17.9 Å². The minimum Gasteiger partial charge on any atom is -0.330 e. The summed E-state index contributed by atoms with van der Waals surface area (Å²) in [6, 6.07) is 18.7. The summed E-state index contributed by atoms with van der Waals surface area (Å²) >= 11 is 0. The third kappa shape index (κ3) is 11.9. The zero-order valence-corrected chi connectivity index (χ0v) is 29.4. The highest BCUT2D eigenvalue weighted by Gasteiger charge is 2.19. The van der Waals surface area contributed by atoms with E-state index in [0.717, 1.165) is 83.4 Å². The monoisotopic (exact) mass is 581 g/mol. The van der Waals surface area contributed by atoms with Crippen molar-refractivity contribution in [1.82, 2.24) is 9.80 Å². The van der Waals surface area contributed by atoms with Crippen LogP contribution >= 0.6 is 0 Å². The SMILES string of the molecule is C[N+](C)(C)CCN(CC[N+](C)(C)C)Cc1cccc2cc3cccc(CN(CC[N+](C)(C)C)CC[N+](C)(C)C)c3cc12. The smallest absolute Gasteiger partial charge is 0.0909 e. The minimum absolute atomic E-state index is 0.989. The lowest BCUT2D eigenvalue weighted by atomic mass is 9.96. The fraction of sp³-hybridized carbons (Fsp3) is 0.611. The third-order valence-electron chi connectivity index (χ3n) is 8.20. The molecule has 0 atom stereocenters. The maximum absolute atomic E-state index is 2.68. The Bertz CT molecular complexity index is 1150. The van der Waals surface area contributed by atoms with Crippen LogP contribution in [0.5, 0.6) is 0 Å². The molecule has 0 amide bonds. The van der Waals surface area contributed by atoms with E-state index in [1.807, 2.05) is 0 Å². The predicted octanol–water partition coefficient (Wildman–Crippen LogP) is 4.42. The Morgan fingerprint density at radius 1 is 0.429 bits per heavy atom. The second-order valence-electron chi connectivity index (χ2n) is 16.7. The second-order valence-corrected chi connectivity index (χ2v) is 16.7. The lowest BCUT2D eigenvalue weighted by Gasteiger charge is -2.32. The topological polar surface area (TPSA) is 6.48 Å². The molecule has 0 aliphatic rings. The van der Waals surface area contributed by atoms with E-state index in [4.69, 9.17) is 0 Å². The normalized spacial score (nSPS) is 13.7. The molecule has 0 radical (unpaired) electrons. The van der Waals surface area contributed by atoms with Crippen LogP contribution in [0.3, 0.4) is 0 Å². The van der Waals surface area contributed by atoms with E-state index in [-0.39, 0.29) is 0 Å². The van der Waals surface area contributed by atoms with Crippen molar-refractivity contribution in [2.45, 2.75) is 13.1 Å². The van der Waals surface area contributed by atoms with Gasteiger partial charge in [0.05, 0.1) is 111 Å². The number of nitrogens with zero attached hydrogens (tertiary/aromatic N) is 6. The molecular weight excluding hydrogens is 516 g/mol. The third-order valence-corrected chi connectivity index (χ3v) is 8.20. The maximum Gasteiger partial charge on any atom is 0.0909 e. The van der Waals surface area contributed by atoms with Gasteiger partial charge in [0.25, 0.3) is 0 Å². The van der Waals surface area contributed by atoms with Gasteiger partial charge < -0.3 is 17.9 Å². The first-order valence-electron chi connectivity index (χ1n) is 15.9. The van der Waals surface area contributed by atoms with E-state index < -0.39 is 0 Å². The first kappa shape index (κ1) is 34.4. The molecule has 3 aromatic rings. The number of hydrogen-bond acceptors (Lipinski definition) is 2. The van der Waals surface area contributed by atoms with E-state index in [2.05, 4.69) is 143 Å². The highest BCUT2D eigenvalue weighted by Crippen LogP contribution is 2.29. The van der Waals surface area contributed by atoms with Gasteiger partial charge in [-0.15, -0.1) is 0 Å². The molecule has 0 N–H and O–H groups in total. The molecule has 6 heteroatoms. The summed E-state index contributed by atoms with van der Waals surface area (Å²) in [5.74, 6) is 0. The van der Waals surface area contributed by atoms with Crippen molar-refractivity contribution in [3.63, 3.8) is 0 Å². The fourth-order valence-electron chi connectivity index (χ4n) is 5.24. The minimum atomic E-state index is 0.989. The molecule has 3 aromatic carbocycles. The van der Waals surface area contributed by atoms with Gasteiger partial charge in [-0.05, 0) is 44.8 Å². The Morgan fingerprint density at radius 2 is 0.738 bits per heavy atom. The largest absolute Gasteiger partial charge is 0.330 e. The molecule has 0 aromatic heterocycles. The molecule has 3 rings (SSSR count). The van der Waals surface area contributed by atoms with E-state index in [9.17, 15) is 0 Å². The van der Waals surface area contributed by atoms with Crippen LogP contribution in [0.1, 0.15) is 11.1 Å². The van der Waals surface area contributed by atoms with Crippen molar-refractivity contribution in [2.24, 2.45) is 0 Å². The lowest BCUT2D eigenvalue weighted by Crippen LogP contribution is -2.46. The summed E-state index contributed by atoms with van der Waals surface area (Å²) in [6.45, 7) is 11.0. The summed E-state index contributed by atoms with van der Waals surface area (Å²) < 4.78 is 3.96. The van der Waals surface area contributed by atoms with Crippen LogP contribution < -0.4 is 0 Å². The van der Waals surface area contributed by atoms with Gasteiger partial charge in [-0.3, -0.25) is 9.80 Å². The van der Waals surface area contributed by atoms with Crippen molar-refractivity contribution in [3.8, 4) is 0 Å². The van der Waals surface area contributed by atoms with Gasteiger partial charge in [0.2, 0.25) is 0 Å². The van der Waals surface area contributed by atoms with Crippen molar-refractivity contribution in [2.75, 3.05) is 137 Å². The molecule has 0 aliphatic carbocycles. The molecule has 6 nitrogen and oxygen atoms in total. The molecule has 0 aliphatic heterocycles. The summed E-state index contributed by atoms with van der Waals surface area (Å²) in [6.07, 6.45) is 0. The van der Waals surface area contributed by atoms with Gasteiger partial charge >= 0.3 is 0 Å². The molecule has 0 saturated heterocycles. The number of fused-ring (bicyclic) bond motifs is 2. The first-order valence-corrected chi connectivity index (χ1v) is 15.9. The van der Waals surface area contributed by atoms with Crippen molar-refractivity contribution in [1.29, 1.82) is 0 Å². The van der Waals surface area contributed by atoms with Crippen LogP contribution in [0, 0.1) is 0 Å². The number of hydrogen-bond donors (Lipinski definition) is 0. The van der Waals surface area contributed by atoms with Crippen molar-refractivity contribution >= 4 is 21.5 Å². The Labute approximate surface area is 258 Å². The molecule has 0 heterocycles. The van der Waals surface area contributed by atoms with Gasteiger partial charge in [0.15, 0.2) is 0 Å². The van der Waals surface area contributed by atoms with Crippen LogP contribution in [-0.2, 0) is 13.1 Å². The molecule has 0 unspecified atom stereocenters. The number of likely N-dealkylation sites (N-methyl/N-ethyl adjacent to an activating group) is 4. The predicted molar refractivity (Wildman–Crippen MR) is 184 cm³/mol.